The summed E-state index contributed by atoms with van der Waals surface area (Å²) in [5, 5.41) is 39.9. The molecule has 3 amide bonds. The summed E-state index contributed by atoms with van der Waals surface area (Å²) in [5.41, 5.74) is 7.95. The van der Waals surface area contributed by atoms with Crippen molar-refractivity contribution in [2.24, 2.45) is 0 Å². The number of nitrogens with zero attached hydrogens (tertiary/aromatic N) is 10. The van der Waals surface area contributed by atoms with E-state index in [1.807, 2.05) is 71.6 Å². The molecule has 2 fully saturated rings. The predicted octanol–water partition coefficient (Wildman–Crippen LogP) is 20.3. The van der Waals surface area contributed by atoms with Crippen LogP contribution in [0.1, 0.15) is 231 Å². The molecule has 11 heterocycles. The fraction of sp³-hybridized carbons (Fsp3) is 0.457. The number of nitrogens with one attached hydrogen (secondary N) is 3. The molecule has 768 valence electrons. The molecule has 0 saturated heterocycles. The number of carbonyl (C=O) groups excluding carboxylic acids is 5. The van der Waals surface area contributed by atoms with E-state index in [-0.39, 0.29) is 92.6 Å². The molecule has 7 aliphatic rings. The molecule has 5 aliphatic heterocycles. The summed E-state index contributed by atoms with van der Waals surface area (Å²) in [6, 6.07) is 23.8. The third-order valence-corrected chi connectivity index (χ3v) is 24.6. The molecule has 6 N–H and O–H groups in total. The largest absolute Gasteiger partial charge is 0.508 e. The highest BCUT2D eigenvalue weighted by atomic mass is 79.9. The number of oxazole rings is 4. The molecule has 18 rings (SSSR count). The number of aromatic nitrogens is 6. The molecule has 6 aromatic heterocycles. The molecular weight excluding hydrogens is 1940 g/mol. The van der Waals surface area contributed by atoms with Crippen molar-refractivity contribution < 1.29 is 107 Å². The lowest BCUT2D eigenvalue weighted by Crippen LogP contribution is -2.40. The first kappa shape index (κ1) is 109. The Hall–Kier alpha value is -12.6. The predicted molar refractivity (Wildman–Crippen MR) is 526 cm³/mol. The van der Waals surface area contributed by atoms with Crippen LogP contribution >= 0.6 is 27.5 Å². The minimum Gasteiger partial charge on any atom is -0.508 e. The Kier molecular flexibility index (Phi) is 39.8. The Morgan fingerprint density at radius 2 is 0.853 bits per heavy atom. The second kappa shape index (κ2) is 52.1. The van der Waals surface area contributed by atoms with Gasteiger partial charge in [-0.25, -0.2) is 66.2 Å². The number of ketones is 2. The van der Waals surface area contributed by atoms with Gasteiger partial charge in [0.2, 0.25) is 0 Å². The van der Waals surface area contributed by atoms with Crippen molar-refractivity contribution in [2.75, 3.05) is 55.8 Å². The molecule has 0 unspecified atom stereocenters. The van der Waals surface area contributed by atoms with Gasteiger partial charge in [0.25, 0.3) is 0 Å². The van der Waals surface area contributed by atoms with Gasteiger partial charge in [0.05, 0.1) is 62.0 Å². The third kappa shape index (κ3) is 34.6. The minimum atomic E-state index is -0.669. The number of β-amino-alcohol motifs (C(OH)–C–C–N with tert-alkyl or cyclic N) is 1. The summed E-state index contributed by atoms with van der Waals surface area (Å²) < 4.78 is 124. The Morgan fingerprint density at radius 1 is 0.483 bits per heavy atom. The molecule has 38 heteroatoms. The van der Waals surface area contributed by atoms with Gasteiger partial charge in [-0.1, -0.05) is 22.0 Å². The van der Waals surface area contributed by atoms with Crippen LogP contribution in [0.2, 0.25) is 0 Å². The van der Waals surface area contributed by atoms with Gasteiger partial charge in [-0.05, 0) is 247 Å². The lowest BCUT2D eigenvalue weighted by atomic mass is 9.93. The first-order valence-electron chi connectivity index (χ1n) is 47.8. The number of ether oxygens (including phenoxy) is 6. The maximum atomic E-state index is 14.8. The number of amides is 3. The maximum absolute atomic E-state index is 14.8. The molecule has 0 bridgehead atoms. The van der Waals surface area contributed by atoms with Crippen LogP contribution in [-0.4, -0.2) is 181 Å². The number of hydrogen-bond acceptors (Lipinski definition) is 28. The first-order chi connectivity index (χ1) is 68.3. The van der Waals surface area contributed by atoms with Crippen LogP contribution in [-0.2, 0) is 104 Å². The molecule has 0 spiro atoms. The number of benzene rings is 5. The molecule has 11 aromatic rings. The summed E-state index contributed by atoms with van der Waals surface area (Å²) in [6.45, 7) is 23.9. The van der Waals surface area contributed by atoms with Crippen molar-refractivity contribution in [1.29, 1.82) is 0 Å². The van der Waals surface area contributed by atoms with E-state index < -0.39 is 52.8 Å². The normalized spacial score (nSPS) is 15.2. The summed E-state index contributed by atoms with van der Waals surface area (Å²) >= 11 is 8.71. The van der Waals surface area contributed by atoms with E-state index in [9.17, 15) is 61.2 Å². The lowest BCUT2D eigenvalue weighted by Gasteiger charge is -2.31. The Labute approximate surface area is 841 Å². The van der Waals surface area contributed by atoms with E-state index in [0.717, 1.165) is 93.5 Å². The zero-order chi connectivity index (χ0) is 102. The van der Waals surface area contributed by atoms with Crippen LogP contribution in [0.4, 0.5) is 48.0 Å². The van der Waals surface area contributed by atoms with Crippen LogP contribution < -0.4 is 30.2 Å². The number of aryl methyl sites for hydroxylation is 1. The second-order valence-electron chi connectivity index (χ2n) is 38.6. The van der Waals surface area contributed by atoms with Crippen LogP contribution in [0.3, 0.4) is 0 Å². The number of Topliss-reactive ketones (excluding diaryl/α,β-unsaturated/α-hetero) is 2. The van der Waals surface area contributed by atoms with Crippen molar-refractivity contribution in [1.82, 2.24) is 54.8 Å². The highest BCUT2D eigenvalue weighted by Gasteiger charge is 2.33. The Morgan fingerprint density at radius 3 is 1.24 bits per heavy atom. The number of rotatable bonds is 25. The van der Waals surface area contributed by atoms with Gasteiger partial charge in [0.1, 0.15) is 106 Å². The summed E-state index contributed by atoms with van der Waals surface area (Å²) in [6.07, 6.45) is 24.2. The number of alkyl halides is 2. The average molecular weight is 2070 g/mol. The average Bonchev–Trinajstić information content (AvgIpc) is 1.29. The number of aliphatic hydroxyl groups excluding tert-OH is 2. The minimum absolute atomic E-state index is 0.0130. The molecule has 5 aromatic carbocycles. The number of phenols is 1. The van der Waals surface area contributed by atoms with E-state index in [1.165, 1.54) is 85.3 Å². The number of phenolic OH excluding ortho intramolecular Hbond substituents is 1. The standard InChI is InChI=1S/C27H31FN4O4.C18H21FN2O4.C15H20FNO2.C14H19ClN2O2.C14H18FNO3.C13H13FN2O2.C4H4BrNO/c28-25-12-22(35-16-23-13-29-17-36-23)10-18-7-9-32(15-24(18)25)14-21(33)4-5-26(34)19-6-8-30-27(11-19)31-20-2-1-3-20;1-18(2,3)25-17(22)21-5-4-12-6-13(7-16(19)15(12)9-21)23-10-14-8-20-11-24-14;1-10-7-11-5-6-17(9-12(11)13(16)8-10)14(18)19-15(2,3)4;15-9-12(18)4-5-13(19)10-6-7-16-14(8-10)17-11-2-1-3-11;1-14(2,3)19-13(18)16-5-4-9-6-10(17)7-12(15)11(9)8-16;14-13-4-10(17-7-11-5-16-8-18-11)3-9-1-2-15-6-12(9)13;5-1-4-2-6-3-7-4/h6,8,10-13,17,20-21,33H,1-5,7,9,14-16H2,(H,30,31);6-8,11H,4-5,9-10H2,1-3H3;7-8H,5-6,9H2,1-4H3;6-8,11-12,18H,1-5,9H2,(H,16,17);6-7,17H,4-5,8H2,1-3H3;3-5,8,15H,1-2,6-7H2;2-3H,1H2/t21-;;;12-;;;/m0..0.../s1. The van der Waals surface area contributed by atoms with Crippen molar-refractivity contribution in [3.63, 3.8) is 0 Å². The van der Waals surface area contributed by atoms with Gasteiger partial charge in [0, 0.05) is 152 Å². The van der Waals surface area contributed by atoms with E-state index in [4.69, 9.17) is 57.7 Å². The van der Waals surface area contributed by atoms with Crippen molar-refractivity contribution in [3.8, 4) is 23.0 Å². The summed E-state index contributed by atoms with van der Waals surface area (Å²) in [4.78, 5) is 91.0. The van der Waals surface area contributed by atoms with Crippen molar-refractivity contribution in [3.05, 3.63) is 272 Å². The highest BCUT2D eigenvalue weighted by molar-refractivity contribution is 9.08. The number of carbonyl (C=O) groups is 5. The number of hydrogen-bond donors (Lipinski definition) is 6. The number of anilines is 2. The van der Waals surface area contributed by atoms with Crippen LogP contribution in [0.5, 0.6) is 23.0 Å². The Balaban J connectivity index is 0.000000154. The van der Waals surface area contributed by atoms with Gasteiger partial charge in [-0.3, -0.25) is 14.5 Å². The van der Waals surface area contributed by atoms with Gasteiger partial charge in [-0.15, -0.1) is 11.6 Å². The van der Waals surface area contributed by atoms with Gasteiger partial charge < -0.3 is 92.1 Å². The number of aromatic hydroxyl groups is 1. The van der Waals surface area contributed by atoms with E-state index in [1.54, 1.807) is 99.3 Å². The summed E-state index contributed by atoms with van der Waals surface area (Å²) in [7, 11) is 0. The molecule has 2 atom stereocenters. The lowest BCUT2D eigenvalue weighted by molar-refractivity contribution is 0.0211. The molecule has 2 aliphatic carbocycles. The van der Waals surface area contributed by atoms with E-state index in [0.29, 0.717) is 171 Å². The SMILES string of the molecule is BrCc1cnco1.CC(C)(C)OC(=O)N1CCc2cc(O)cc(F)c2C1.CC(C)(C)OC(=O)N1CCc2cc(OCc3cnco3)cc(F)c2C1.Cc1cc(F)c2c(c1)CCN(C(=O)OC(C)(C)C)C2.Fc1cc(OCc2cnco2)cc2c1CNCC2.O=C(CC[C@H](O)CCl)c1ccnc(NC2CCC2)c1.O=C(CC[C@H](O)CN1CCc2cc(OCc3cnco3)cc(F)c2C1)c1ccnc(NC2CCC2)c1. The number of aliphatic hydroxyl groups is 2. The van der Waals surface area contributed by atoms with Crippen molar-refractivity contribution >= 4 is 69.0 Å². The molecule has 2 saturated carbocycles. The van der Waals surface area contributed by atoms with Crippen LogP contribution in [0.15, 0.2) is 165 Å². The molecular formula is C105H126BrClF5N13O18. The van der Waals surface area contributed by atoms with Crippen LogP contribution in [0, 0.1) is 36.0 Å². The fourth-order valence-corrected chi connectivity index (χ4v) is 16.4. The summed E-state index contributed by atoms with van der Waals surface area (Å²) in [5.74, 6) is 3.96. The third-order valence-electron chi connectivity index (χ3n) is 23.7. The van der Waals surface area contributed by atoms with Crippen LogP contribution in [0.25, 0.3) is 0 Å². The van der Waals surface area contributed by atoms with Gasteiger partial charge in [0.15, 0.2) is 54.4 Å². The molecule has 143 heavy (non-hydrogen) atoms. The fourth-order valence-electron chi connectivity index (χ4n) is 15.9. The van der Waals surface area contributed by atoms with Gasteiger partial charge >= 0.3 is 18.3 Å². The monoisotopic (exact) mass is 2070 g/mol. The zero-order valence-corrected chi connectivity index (χ0v) is 84.5. The first-order valence-corrected chi connectivity index (χ1v) is 49.4. The number of halogens is 7. The quantitative estimate of drug-likeness (QED) is 0.0134. The van der Waals surface area contributed by atoms with Crippen molar-refractivity contribution in [2.45, 2.75) is 265 Å². The number of fused-ring (bicyclic) bond motifs is 5. The maximum Gasteiger partial charge on any atom is 0.410 e. The van der Waals surface area contributed by atoms with E-state index >= 15 is 0 Å². The number of pyridine rings is 2. The molecule has 0 radical (unpaired) electrons. The van der Waals surface area contributed by atoms with E-state index in [2.05, 4.69) is 61.8 Å². The Bertz CT molecular complexity index is 5890. The zero-order valence-electron chi connectivity index (χ0n) is 82.2. The topological polar surface area (TPSA) is 380 Å². The highest BCUT2D eigenvalue weighted by Crippen LogP contribution is 2.35. The van der Waals surface area contributed by atoms with Gasteiger partial charge in [-0.2, -0.15) is 0 Å². The molecule has 31 nitrogen and oxygen atoms in total. The smallest absolute Gasteiger partial charge is 0.410 e. The second-order valence-corrected chi connectivity index (χ2v) is 39.5.